The van der Waals surface area contributed by atoms with Gasteiger partial charge in [0.2, 0.25) is 0 Å². The molecule has 1 saturated carbocycles. The van der Waals surface area contributed by atoms with Gasteiger partial charge < -0.3 is 4.90 Å². The second-order valence-electron chi connectivity index (χ2n) is 7.74. The van der Waals surface area contributed by atoms with E-state index in [0.29, 0.717) is 12.0 Å². The van der Waals surface area contributed by atoms with Crippen molar-refractivity contribution in [1.29, 1.82) is 0 Å². The smallest absolute Gasteiger partial charge is 0.160 e. The lowest BCUT2D eigenvalue weighted by molar-refractivity contribution is 0.0493. The number of benzene rings is 1. The van der Waals surface area contributed by atoms with Crippen molar-refractivity contribution in [3.8, 4) is 0 Å². The number of likely N-dealkylation sites (tertiary alicyclic amines) is 1. The minimum atomic E-state index is 0.0989. The lowest BCUT2D eigenvalue weighted by Gasteiger charge is -2.50. The fourth-order valence-corrected chi connectivity index (χ4v) is 4.21. The van der Waals surface area contributed by atoms with Crippen LogP contribution in [0.15, 0.2) is 24.3 Å². The molecule has 1 unspecified atom stereocenters. The van der Waals surface area contributed by atoms with Crippen LogP contribution in [0.2, 0.25) is 0 Å². The van der Waals surface area contributed by atoms with Crippen molar-refractivity contribution in [2.75, 3.05) is 13.1 Å². The number of rotatable bonds is 4. The molecule has 1 aromatic rings. The van der Waals surface area contributed by atoms with Gasteiger partial charge in [-0.2, -0.15) is 0 Å². The molecule has 22 heavy (non-hydrogen) atoms. The summed E-state index contributed by atoms with van der Waals surface area (Å²) in [5.41, 5.74) is 2.27. The second-order valence-corrected chi connectivity index (χ2v) is 7.74. The Balaban J connectivity index is 1.88. The average Bonchev–Trinajstić information content (AvgIpc) is 3.32. The minimum absolute atomic E-state index is 0.0989. The number of hydrogen-bond donors (Lipinski definition) is 0. The first-order valence-electron chi connectivity index (χ1n) is 8.78. The van der Waals surface area contributed by atoms with E-state index in [9.17, 15) is 4.79 Å². The molecular formula is C20H29NO. The second kappa shape index (κ2) is 5.81. The van der Waals surface area contributed by atoms with E-state index < -0.39 is 0 Å². The van der Waals surface area contributed by atoms with E-state index in [1.165, 1.54) is 24.9 Å². The molecule has 0 spiro atoms. The number of carbonyl (C=O) groups excluding carboxylic acids is 1. The van der Waals surface area contributed by atoms with Crippen LogP contribution < -0.4 is 0 Å². The Morgan fingerprint density at radius 3 is 2.59 bits per heavy atom. The first-order valence-corrected chi connectivity index (χ1v) is 8.78. The SMILES string of the molecule is CC(=O)c1ccccc1C1(C)CCN(CC2CC2)[C@H](C)[C@@H]1C. The Hall–Kier alpha value is -1.15. The van der Waals surface area contributed by atoms with Crippen molar-refractivity contribution in [1.82, 2.24) is 4.90 Å². The van der Waals surface area contributed by atoms with Crippen LogP contribution in [0.5, 0.6) is 0 Å². The summed E-state index contributed by atoms with van der Waals surface area (Å²) in [4.78, 5) is 14.7. The van der Waals surface area contributed by atoms with E-state index in [2.05, 4.69) is 37.8 Å². The Kier molecular flexibility index (Phi) is 4.15. The molecule has 0 radical (unpaired) electrons. The molecule has 2 aliphatic rings. The highest BCUT2D eigenvalue weighted by Gasteiger charge is 2.44. The van der Waals surface area contributed by atoms with Gasteiger partial charge in [0.05, 0.1) is 0 Å². The highest BCUT2D eigenvalue weighted by atomic mass is 16.1. The van der Waals surface area contributed by atoms with Gasteiger partial charge >= 0.3 is 0 Å². The molecule has 0 N–H and O–H groups in total. The number of nitrogens with zero attached hydrogens (tertiary/aromatic N) is 1. The third-order valence-corrected chi connectivity index (χ3v) is 6.33. The van der Waals surface area contributed by atoms with Gasteiger partial charge in [-0.1, -0.05) is 38.1 Å². The fraction of sp³-hybridized carbons (Fsp3) is 0.650. The van der Waals surface area contributed by atoms with E-state index in [-0.39, 0.29) is 11.2 Å². The number of ketones is 1. The topological polar surface area (TPSA) is 20.3 Å². The first kappa shape index (κ1) is 15.7. The normalized spacial score (nSPS) is 32.9. The van der Waals surface area contributed by atoms with Gasteiger partial charge in [-0.05, 0) is 62.5 Å². The van der Waals surface area contributed by atoms with Gasteiger partial charge in [-0.25, -0.2) is 0 Å². The van der Waals surface area contributed by atoms with Crippen LogP contribution >= 0.6 is 0 Å². The zero-order valence-corrected chi connectivity index (χ0v) is 14.4. The van der Waals surface area contributed by atoms with Crippen LogP contribution in [0.1, 0.15) is 62.9 Å². The predicted molar refractivity (Wildman–Crippen MR) is 91.3 cm³/mol. The van der Waals surface area contributed by atoms with Crippen LogP contribution in [0.3, 0.4) is 0 Å². The summed E-state index contributed by atoms with van der Waals surface area (Å²) in [6.45, 7) is 11.2. The Morgan fingerprint density at radius 2 is 1.95 bits per heavy atom. The van der Waals surface area contributed by atoms with Crippen LogP contribution in [0, 0.1) is 11.8 Å². The average molecular weight is 299 g/mol. The quantitative estimate of drug-likeness (QED) is 0.773. The number of piperidine rings is 1. The van der Waals surface area contributed by atoms with E-state index in [1.54, 1.807) is 6.92 Å². The molecule has 2 nitrogen and oxygen atoms in total. The minimum Gasteiger partial charge on any atom is -0.300 e. The van der Waals surface area contributed by atoms with Gasteiger partial charge in [0, 0.05) is 18.2 Å². The van der Waals surface area contributed by atoms with E-state index in [0.717, 1.165) is 24.4 Å². The van der Waals surface area contributed by atoms with Crippen molar-refractivity contribution in [3.63, 3.8) is 0 Å². The molecule has 120 valence electrons. The maximum absolute atomic E-state index is 12.0. The summed E-state index contributed by atoms with van der Waals surface area (Å²) in [5.74, 6) is 1.70. The summed E-state index contributed by atoms with van der Waals surface area (Å²) < 4.78 is 0. The van der Waals surface area contributed by atoms with Crippen LogP contribution in [-0.2, 0) is 5.41 Å². The summed E-state index contributed by atoms with van der Waals surface area (Å²) in [6.07, 6.45) is 3.99. The molecule has 1 saturated heterocycles. The summed E-state index contributed by atoms with van der Waals surface area (Å²) in [7, 11) is 0. The maximum Gasteiger partial charge on any atom is 0.160 e. The molecule has 0 aromatic heterocycles. The standard InChI is InChI=1S/C20H29NO/c1-14-15(2)21(13-17-9-10-17)12-11-20(14,4)19-8-6-5-7-18(19)16(3)22/h5-8,14-15,17H,9-13H2,1-4H3/t14-,15+,20?/m0/s1. The number of hydrogen-bond acceptors (Lipinski definition) is 2. The van der Waals surface area contributed by atoms with Crippen LogP contribution in [-0.4, -0.2) is 29.8 Å². The monoisotopic (exact) mass is 299 g/mol. The molecule has 3 atom stereocenters. The van der Waals surface area contributed by atoms with E-state index >= 15 is 0 Å². The van der Waals surface area contributed by atoms with Gasteiger partial charge in [-0.15, -0.1) is 0 Å². The van der Waals surface area contributed by atoms with Gasteiger partial charge in [0.1, 0.15) is 0 Å². The van der Waals surface area contributed by atoms with Crippen molar-refractivity contribution >= 4 is 5.78 Å². The molecule has 2 heteroatoms. The zero-order valence-electron chi connectivity index (χ0n) is 14.4. The lowest BCUT2D eigenvalue weighted by atomic mass is 9.64. The molecule has 1 aliphatic carbocycles. The largest absolute Gasteiger partial charge is 0.300 e. The molecule has 1 aromatic carbocycles. The molecule has 3 rings (SSSR count). The Morgan fingerprint density at radius 1 is 1.27 bits per heavy atom. The lowest BCUT2D eigenvalue weighted by Crippen LogP contribution is -2.53. The highest BCUT2D eigenvalue weighted by molar-refractivity contribution is 5.96. The fourth-order valence-electron chi connectivity index (χ4n) is 4.21. The highest BCUT2D eigenvalue weighted by Crippen LogP contribution is 2.44. The molecule has 0 bridgehead atoms. The van der Waals surface area contributed by atoms with Crippen molar-refractivity contribution < 1.29 is 4.79 Å². The predicted octanol–water partition coefficient (Wildman–Crippen LogP) is 4.29. The third kappa shape index (κ3) is 2.74. The number of carbonyl (C=O) groups is 1. The molecule has 2 fully saturated rings. The van der Waals surface area contributed by atoms with Gasteiger partial charge in [-0.3, -0.25) is 4.79 Å². The van der Waals surface area contributed by atoms with Gasteiger partial charge in [0.15, 0.2) is 5.78 Å². The Bertz CT molecular complexity index is 563. The molecular weight excluding hydrogens is 270 g/mol. The van der Waals surface area contributed by atoms with Gasteiger partial charge in [0.25, 0.3) is 0 Å². The maximum atomic E-state index is 12.0. The van der Waals surface area contributed by atoms with E-state index in [1.807, 2.05) is 12.1 Å². The van der Waals surface area contributed by atoms with Crippen molar-refractivity contribution in [2.24, 2.45) is 11.8 Å². The summed E-state index contributed by atoms with van der Waals surface area (Å²) in [6, 6.07) is 8.83. The summed E-state index contributed by atoms with van der Waals surface area (Å²) in [5, 5.41) is 0. The molecule has 1 heterocycles. The van der Waals surface area contributed by atoms with Crippen molar-refractivity contribution in [2.45, 2.75) is 58.4 Å². The van der Waals surface area contributed by atoms with Crippen LogP contribution in [0.4, 0.5) is 0 Å². The van der Waals surface area contributed by atoms with Crippen molar-refractivity contribution in [3.05, 3.63) is 35.4 Å². The first-order chi connectivity index (χ1) is 10.4. The molecule has 1 aliphatic heterocycles. The third-order valence-electron chi connectivity index (χ3n) is 6.33. The number of Topliss-reactive ketones (excluding diaryl/α,β-unsaturated/α-hetero) is 1. The zero-order chi connectivity index (χ0) is 15.9. The Labute approximate surface area is 134 Å². The summed E-state index contributed by atoms with van der Waals surface area (Å²) >= 11 is 0. The van der Waals surface area contributed by atoms with E-state index in [4.69, 9.17) is 0 Å². The van der Waals surface area contributed by atoms with Crippen LogP contribution in [0.25, 0.3) is 0 Å². The molecule has 0 amide bonds.